The van der Waals surface area contributed by atoms with E-state index >= 15 is 0 Å². The molecule has 0 aliphatic carbocycles. The van der Waals surface area contributed by atoms with Crippen molar-refractivity contribution in [2.24, 2.45) is 11.7 Å². The van der Waals surface area contributed by atoms with Crippen molar-refractivity contribution in [3.05, 3.63) is 0 Å². The lowest BCUT2D eigenvalue weighted by molar-refractivity contribution is 0.134. The fraction of sp³-hybridized carbons (Fsp3) is 0.929. The molecule has 2 aliphatic heterocycles. The van der Waals surface area contributed by atoms with Gasteiger partial charge in [-0.05, 0) is 38.6 Å². The number of nitrogens with one attached hydrogen (secondary N) is 1. The lowest BCUT2D eigenvalue weighted by atomic mass is 9.87. The van der Waals surface area contributed by atoms with Crippen LogP contribution in [0.2, 0.25) is 0 Å². The highest BCUT2D eigenvalue weighted by Crippen LogP contribution is 2.22. The lowest BCUT2D eigenvalue weighted by Crippen LogP contribution is -2.61. The zero-order valence-corrected chi connectivity index (χ0v) is 12.3. The van der Waals surface area contributed by atoms with Gasteiger partial charge in [-0.1, -0.05) is 6.92 Å². The van der Waals surface area contributed by atoms with Gasteiger partial charge >= 0.3 is 6.03 Å². The number of nitrogens with zero attached hydrogens (tertiary/aromatic N) is 2. The number of hydrogen-bond donors (Lipinski definition) is 2. The summed E-state index contributed by atoms with van der Waals surface area (Å²) in [4.78, 5) is 16.6. The van der Waals surface area contributed by atoms with Crippen LogP contribution in [0.3, 0.4) is 0 Å². The Morgan fingerprint density at radius 2 is 1.84 bits per heavy atom. The largest absolute Gasteiger partial charge is 0.331 e. The van der Waals surface area contributed by atoms with Crippen LogP contribution in [-0.4, -0.2) is 61.1 Å². The van der Waals surface area contributed by atoms with E-state index in [4.69, 9.17) is 5.73 Å². The third-order valence-electron chi connectivity index (χ3n) is 4.78. The van der Waals surface area contributed by atoms with Gasteiger partial charge in [-0.2, -0.15) is 0 Å². The van der Waals surface area contributed by atoms with E-state index in [1.54, 1.807) is 0 Å². The van der Waals surface area contributed by atoms with Crippen molar-refractivity contribution in [1.82, 2.24) is 15.1 Å². The molecular weight excluding hydrogens is 240 g/mol. The molecule has 0 radical (unpaired) electrons. The summed E-state index contributed by atoms with van der Waals surface area (Å²) in [5.74, 6) is 0.746. The first kappa shape index (κ1) is 14.6. The number of likely N-dealkylation sites (tertiary alicyclic amines) is 2. The number of carbonyl (C=O) groups is 1. The molecule has 2 heterocycles. The van der Waals surface area contributed by atoms with Gasteiger partial charge in [0.25, 0.3) is 0 Å². The second-order valence-electron chi connectivity index (χ2n) is 6.39. The Labute approximate surface area is 116 Å². The van der Waals surface area contributed by atoms with Crippen LogP contribution in [0.5, 0.6) is 0 Å². The fourth-order valence-corrected chi connectivity index (χ4v) is 2.94. The van der Waals surface area contributed by atoms with E-state index in [1.807, 2.05) is 4.90 Å². The highest BCUT2D eigenvalue weighted by Gasteiger charge is 2.35. The molecule has 110 valence electrons. The van der Waals surface area contributed by atoms with E-state index < -0.39 is 0 Å². The van der Waals surface area contributed by atoms with Gasteiger partial charge in [-0.25, -0.2) is 4.79 Å². The Bertz CT molecular complexity index is 305. The zero-order chi connectivity index (χ0) is 13.9. The highest BCUT2D eigenvalue weighted by molar-refractivity contribution is 5.75. The van der Waals surface area contributed by atoms with Gasteiger partial charge in [-0.15, -0.1) is 0 Å². The van der Waals surface area contributed by atoms with Gasteiger partial charge in [0.2, 0.25) is 0 Å². The lowest BCUT2D eigenvalue weighted by Gasteiger charge is -2.42. The zero-order valence-electron chi connectivity index (χ0n) is 12.3. The predicted molar refractivity (Wildman–Crippen MR) is 77.0 cm³/mol. The van der Waals surface area contributed by atoms with E-state index in [0.717, 1.165) is 57.8 Å². The van der Waals surface area contributed by atoms with Gasteiger partial charge in [-0.3, -0.25) is 0 Å². The van der Waals surface area contributed by atoms with E-state index in [1.165, 1.54) is 0 Å². The molecule has 3 N–H and O–H groups in total. The van der Waals surface area contributed by atoms with Crippen molar-refractivity contribution in [1.29, 1.82) is 0 Å². The third kappa shape index (κ3) is 3.60. The number of urea groups is 1. The van der Waals surface area contributed by atoms with Crippen molar-refractivity contribution in [3.63, 3.8) is 0 Å². The number of hydrogen-bond acceptors (Lipinski definition) is 3. The van der Waals surface area contributed by atoms with Crippen LogP contribution in [0.4, 0.5) is 4.79 Å². The van der Waals surface area contributed by atoms with Crippen LogP contribution < -0.4 is 11.1 Å². The van der Waals surface area contributed by atoms with E-state index in [2.05, 4.69) is 24.2 Å². The average Bonchev–Trinajstić information content (AvgIpc) is 2.42. The van der Waals surface area contributed by atoms with Gasteiger partial charge in [0, 0.05) is 32.7 Å². The first-order chi connectivity index (χ1) is 9.04. The first-order valence-electron chi connectivity index (χ1n) is 7.50. The minimum atomic E-state index is -0.188. The molecule has 2 amide bonds. The van der Waals surface area contributed by atoms with Crippen LogP contribution in [-0.2, 0) is 0 Å². The Morgan fingerprint density at radius 3 is 2.37 bits per heavy atom. The van der Waals surface area contributed by atoms with Gasteiger partial charge in [0.05, 0.1) is 5.54 Å². The molecule has 0 spiro atoms. The second kappa shape index (κ2) is 6.09. The van der Waals surface area contributed by atoms with Crippen LogP contribution in [0, 0.1) is 5.92 Å². The molecule has 0 unspecified atom stereocenters. The summed E-state index contributed by atoms with van der Waals surface area (Å²) < 4.78 is 0. The summed E-state index contributed by atoms with van der Waals surface area (Å²) in [6.45, 7) is 6.58. The molecule has 2 aliphatic rings. The molecule has 5 heteroatoms. The second-order valence-corrected chi connectivity index (χ2v) is 6.39. The van der Waals surface area contributed by atoms with Crippen molar-refractivity contribution in [2.45, 2.75) is 38.1 Å². The minimum Gasteiger partial charge on any atom is -0.331 e. The van der Waals surface area contributed by atoms with E-state index in [9.17, 15) is 4.79 Å². The summed E-state index contributed by atoms with van der Waals surface area (Å²) in [5, 5.41) is 3.22. The maximum Gasteiger partial charge on any atom is 0.317 e. The Balaban J connectivity index is 1.89. The number of nitrogens with two attached hydrogens (primary N) is 1. The molecule has 0 bridgehead atoms. The van der Waals surface area contributed by atoms with E-state index in [-0.39, 0.29) is 11.6 Å². The number of amides is 2. The third-order valence-corrected chi connectivity index (χ3v) is 4.78. The molecule has 2 fully saturated rings. The predicted octanol–water partition coefficient (Wildman–Crippen LogP) is 0.851. The Morgan fingerprint density at radius 1 is 1.26 bits per heavy atom. The molecule has 0 aromatic carbocycles. The van der Waals surface area contributed by atoms with Gasteiger partial charge in [0.1, 0.15) is 0 Å². The van der Waals surface area contributed by atoms with Crippen molar-refractivity contribution < 1.29 is 4.79 Å². The van der Waals surface area contributed by atoms with Crippen molar-refractivity contribution in [3.8, 4) is 0 Å². The smallest absolute Gasteiger partial charge is 0.317 e. The highest BCUT2D eigenvalue weighted by atomic mass is 16.2. The molecule has 0 aromatic rings. The summed E-state index contributed by atoms with van der Waals surface area (Å²) >= 11 is 0. The topological polar surface area (TPSA) is 61.6 Å². The molecule has 2 rings (SSSR count). The maximum absolute atomic E-state index is 12.4. The summed E-state index contributed by atoms with van der Waals surface area (Å²) in [6.07, 6.45) is 4.14. The van der Waals surface area contributed by atoms with Crippen LogP contribution >= 0.6 is 0 Å². The van der Waals surface area contributed by atoms with Crippen LogP contribution in [0.15, 0.2) is 0 Å². The fourth-order valence-electron chi connectivity index (χ4n) is 2.94. The Hall–Kier alpha value is -0.810. The average molecular weight is 268 g/mol. The molecule has 0 atom stereocenters. The standard InChI is InChI=1S/C14H28N4O/c1-12-3-7-18(8-4-12)13(19)16-14(11-15)5-9-17(2)10-6-14/h12H,3-11,15H2,1-2H3,(H,16,19). The molecule has 2 saturated heterocycles. The summed E-state index contributed by atoms with van der Waals surface area (Å²) in [7, 11) is 2.12. The van der Waals surface area contributed by atoms with Crippen molar-refractivity contribution >= 4 is 6.03 Å². The molecule has 5 nitrogen and oxygen atoms in total. The summed E-state index contributed by atoms with van der Waals surface area (Å²) in [5.41, 5.74) is 5.74. The quantitative estimate of drug-likeness (QED) is 0.780. The summed E-state index contributed by atoms with van der Waals surface area (Å²) in [6, 6.07) is 0.0851. The van der Waals surface area contributed by atoms with E-state index in [0.29, 0.717) is 6.54 Å². The molecule has 19 heavy (non-hydrogen) atoms. The van der Waals surface area contributed by atoms with Gasteiger partial charge < -0.3 is 20.9 Å². The molecular formula is C14H28N4O. The van der Waals surface area contributed by atoms with Crippen LogP contribution in [0.25, 0.3) is 0 Å². The molecule has 0 aromatic heterocycles. The van der Waals surface area contributed by atoms with Crippen LogP contribution in [0.1, 0.15) is 32.6 Å². The first-order valence-corrected chi connectivity index (χ1v) is 7.50. The van der Waals surface area contributed by atoms with Crippen molar-refractivity contribution in [2.75, 3.05) is 39.8 Å². The van der Waals surface area contributed by atoms with Gasteiger partial charge in [0.15, 0.2) is 0 Å². The molecule has 0 saturated carbocycles. The monoisotopic (exact) mass is 268 g/mol. The Kier molecular flexibility index (Phi) is 4.68. The number of piperidine rings is 2. The number of carbonyl (C=O) groups excluding carboxylic acids is 1. The SMILES string of the molecule is CC1CCN(C(=O)NC2(CN)CCN(C)CC2)CC1. The number of rotatable bonds is 2. The normalized spacial score (nSPS) is 25.3. The minimum absolute atomic E-state index is 0.0851. The maximum atomic E-state index is 12.4.